The summed E-state index contributed by atoms with van der Waals surface area (Å²) >= 11 is 0. The molecule has 0 bridgehead atoms. The number of nitrogens with two attached hydrogens (primary N) is 1. The smallest absolute Gasteiger partial charge is 0.329 e. The Morgan fingerprint density at radius 2 is 1.94 bits per heavy atom. The lowest BCUT2D eigenvalue weighted by Crippen LogP contribution is -2.57. The van der Waals surface area contributed by atoms with Crippen molar-refractivity contribution in [3.05, 3.63) is 0 Å². The molecule has 0 saturated carbocycles. The van der Waals surface area contributed by atoms with Crippen LogP contribution >= 0.6 is 0 Å². The highest BCUT2D eigenvalue weighted by atomic mass is 16.4. The molecule has 0 aliphatic carbocycles. The summed E-state index contributed by atoms with van der Waals surface area (Å²) in [6, 6.07) is -0.671. The van der Waals surface area contributed by atoms with Gasteiger partial charge in [-0.2, -0.15) is 0 Å². The zero-order valence-electron chi connectivity index (χ0n) is 10.4. The molecule has 0 saturated heterocycles. The average Bonchev–Trinajstić information content (AvgIpc) is 2.16. The van der Waals surface area contributed by atoms with E-state index >= 15 is 0 Å². The Kier molecular flexibility index (Phi) is 5.44. The number of carboxylic acid groups (broad SMARTS) is 1. The number of carboxylic acids is 1. The summed E-state index contributed by atoms with van der Waals surface area (Å²) in [5.74, 6) is -1.45. The van der Waals surface area contributed by atoms with Crippen molar-refractivity contribution in [3.8, 4) is 0 Å². The monoisotopic (exact) mass is 230 g/mol. The van der Waals surface area contributed by atoms with Gasteiger partial charge in [-0.3, -0.25) is 4.79 Å². The molecule has 0 spiro atoms. The van der Waals surface area contributed by atoms with Gasteiger partial charge in [0.2, 0.25) is 5.91 Å². The van der Waals surface area contributed by atoms with Crippen molar-refractivity contribution in [2.24, 2.45) is 11.7 Å². The van der Waals surface area contributed by atoms with E-state index in [1.807, 2.05) is 20.8 Å². The third kappa shape index (κ3) is 3.81. The molecule has 1 amide bonds. The van der Waals surface area contributed by atoms with Gasteiger partial charge in [0.05, 0.1) is 6.04 Å². The molecule has 16 heavy (non-hydrogen) atoms. The number of aliphatic carboxylic acids is 1. The molecule has 0 aliphatic rings. The van der Waals surface area contributed by atoms with E-state index in [9.17, 15) is 9.59 Å². The lowest BCUT2D eigenvalue weighted by atomic mass is 9.94. The molecule has 0 aromatic rings. The second-order valence-corrected chi connectivity index (χ2v) is 4.65. The van der Waals surface area contributed by atoms with Crippen LogP contribution in [0.4, 0.5) is 0 Å². The summed E-state index contributed by atoms with van der Waals surface area (Å²) in [7, 11) is 0. The molecular formula is C11H22N2O3. The first-order valence-electron chi connectivity index (χ1n) is 5.55. The summed E-state index contributed by atoms with van der Waals surface area (Å²) < 4.78 is 0. The van der Waals surface area contributed by atoms with E-state index in [4.69, 9.17) is 10.8 Å². The molecule has 2 atom stereocenters. The first kappa shape index (κ1) is 14.9. The Morgan fingerprint density at radius 1 is 1.44 bits per heavy atom. The number of hydrogen-bond donors (Lipinski definition) is 3. The van der Waals surface area contributed by atoms with Gasteiger partial charge in [-0.05, 0) is 19.3 Å². The summed E-state index contributed by atoms with van der Waals surface area (Å²) in [4.78, 5) is 22.8. The van der Waals surface area contributed by atoms with Crippen molar-refractivity contribution in [2.45, 2.75) is 52.1 Å². The minimum Gasteiger partial charge on any atom is -0.480 e. The predicted molar refractivity (Wildman–Crippen MR) is 61.9 cm³/mol. The van der Waals surface area contributed by atoms with Gasteiger partial charge in [0, 0.05) is 0 Å². The average molecular weight is 230 g/mol. The fraction of sp³-hybridized carbons (Fsp3) is 0.818. The van der Waals surface area contributed by atoms with Gasteiger partial charge in [0.1, 0.15) is 5.54 Å². The van der Waals surface area contributed by atoms with Crippen molar-refractivity contribution in [3.63, 3.8) is 0 Å². The van der Waals surface area contributed by atoms with Gasteiger partial charge in [-0.1, -0.05) is 27.2 Å². The van der Waals surface area contributed by atoms with E-state index in [0.29, 0.717) is 12.8 Å². The fourth-order valence-electron chi connectivity index (χ4n) is 1.38. The van der Waals surface area contributed by atoms with Crippen molar-refractivity contribution in [2.75, 3.05) is 0 Å². The van der Waals surface area contributed by atoms with E-state index < -0.39 is 23.5 Å². The Balaban J connectivity index is 4.65. The maximum atomic E-state index is 11.7. The van der Waals surface area contributed by atoms with Gasteiger partial charge in [-0.15, -0.1) is 0 Å². The number of rotatable bonds is 6. The van der Waals surface area contributed by atoms with Crippen LogP contribution in [0.1, 0.15) is 40.5 Å². The van der Waals surface area contributed by atoms with Crippen LogP contribution in [-0.4, -0.2) is 28.6 Å². The van der Waals surface area contributed by atoms with E-state index in [2.05, 4.69) is 5.32 Å². The zero-order valence-corrected chi connectivity index (χ0v) is 10.4. The van der Waals surface area contributed by atoms with Crippen LogP contribution in [0.2, 0.25) is 0 Å². The van der Waals surface area contributed by atoms with Crippen LogP contribution in [0, 0.1) is 5.92 Å². The van der Waals surface area contributed by atoms with E-state index in [1.54, 1.807) is 0 Å². The van der Waals surface area contributed by atoms with Crippen LogP contribution in [0.25, 0.3) is 0 Å². The topological polar surface area (TPSA) is 92.4 Å². The minimum absolute atomic E-state index is 0.0142. The third-order valence-electron chi connectivity index (χ3n) is 2.64. The Bertz CT molecular complexity index is 266. The Morgan fingerprint density at radius 3 is 2.25 bits per heavy atom. The first-order chi connectivity index (χ1) is 7.24. The molecule has 5 heteroatoms. The molecule has 0 aromatic carbocycles. The first-order valence-corrected chi connectivity index (χ1v) is 5.55. The molecule has 0 aliphatic heterocycles. The molecule has 0 rings (SSSR count). The predicted octanol–water partition coefficient (Wildman–Crippen LogP) is 0.729. The lowest BCUT2D eigenvalue weighted by molar-refractivity contribution is -0.147. The number of nitrogens with one attached hydrogen (secondary N) is 1. The standard InChI is InChI=1S/C11H22N2O3/c1-5-6-11(4,10(15)16)13-9(14)8(12)7(2)3/h7-8H,5-6,12H2,1-4H3,(H,13,14)(H,15,16)/t8-,11?/m1/s1. The Labute approximate surface area is 96.4 Å². The SMILES string of the molecule is CCCC(C)(NC(=O)[C@H](N)C(C)C)C(=O)O. The highest BCUT2D eigenvalue weighted by molar-refractivity contribution is 5.89. The van der Waals surface area contributed by atoms with Crippen molar-refractivity contribution >= 4 is 11.9 Å². The second-order valence-electron chi connectivity index (χ2n) is 4.65. The van der Waals surface area contributed by atoms with E-state index in [-0.39, 0.29) is 5.92 Å². The van der Waals surface area contributed by atoms with Crippen LogP contribution in [-0.2, 0) is 9.59 Å². The number of hydrogen-bond acceptors (Lipinski definition) is 3. The van der Waals surface area contributed by atoms with Crippen molar-refractivity contribution < 1.29 is 14.7 Å². The summed E-state index contributed by atoms with van der Waals surface area (Å²) in [6.07, 6.45) is 1.07. The van der Waals surface area contributed by atoms with Crippen LogP contribution in [0.15, 0.2) is 0 Å². The van der Waals surface area contributed by atoms with Gasteiger partial charge in [-0.25, -0.2) is 4.79 Å². The van der Waals surface area contributed by atoms with Gasteiger partial charge >= 0.3 is 5.97 Å². The molecule has 94 valence electrons. The zero-order chi connectivity index (χ0) is 12.9. The number of amides is 1. The quantitative estimate of drug-likeness (QED) is 0.627. The molecule has 1 unspecified atom stereocenters. The molecular weight excluding hydrogens is 208 g/mol. The largest absolute Gasteiger partial charge is 0.480 e. The van der Waals surface area contributed by atoms with E-state index in [1.165, 1.54) is 6.92 Å². The third-order valence-corrected chi connectivity index (χ3v) is 2.64. The number of carbonyl (C=O) groups excluding carboxylic acids is 1. The molecule has 0 heterocycles. The highest BCUT2D eigenvalue weighted by Crippen LogP contribution is 2.13. The van der Waals surface area contributed by atoms with Gasteiger partial charge < -0.3 is 16.2 Å². The Hall–Kier alpha value is -1.10. The van der Waals surface area contributed by atoms with Crippen molar-refractivity contribution in [1.82, 2.24) is 5.32 Å². The van der Waals surface area contributed by atoms with E-state index in [0.717, 1.165) is 0 Å². The fourth-order valence-corrected chi connectivity index (χ4v) is 1.38. The van der Waals surface area contributed by atoms with Crippen LogP contribution in [0.3, 0.4) is 0 Å². The van der Waals surface area contributed by atoms with Crippen LogP contribution in [0.5, 0.6) is 0 Å². The second kappa shape index (κ2) is 5.84. The normalized spacial score (nSPS) is 16.6. The van der Waals surface area contributed by atoms with Gasteiger partial charge in [0.25, 0.3) is 0 Å². The minimum atomic E-state index is -1.22. The maximum Gasteiger partial charge on any atom is 0.329 e. The molecule has 5 nitrogen and oxygen atoms in total. The molecule has 0 fully saturated rings. The summed E-state index contributed by atoms with van der Waals surface area (Å²) in [5.41, 5.74) is 4.43. The van der Waals surface area contributed by atoms with Gasteiger partial charge in [0.15, 0.2) is 0 Å². The highest BCUT2D eigenvalue weighted by Gasteiger charge is 2.35. The maximum absolute atomic E-state index is 11.7. The van der Waals surface area contributed by atoms with Crippen LogP contribution < -0.4 is 11.1 Å². The summed E-state index contributed by atoms with van der Waals surface area (Å²) in [5, 5.41) is 11.6. The molecule has 0 aromatic heterocycles. The number of carbonyl (C=O) groups is 2. The molecule has 0 radical (unpaired) electrons. The van der Waals surface area contributed by atoms with Crippen molar-refractivity contribution in [1.29, 1.82) is 0 Å². The molecule has 4 N–H and O–H groups in total. The summed E-state index contributed by atoms with van der Waals surface area (Å²) in [6.45, 7) is 7.02. The lowest BCUT2D eigenvalue weighted by Gasteiger charge is -2.28.